The Labute approximate surface area is 180 Å². The zero-order chi connectivity index (χ0) is 22.0. The van der Waals surface area contributed by atoms with Crippen LogP contribution in [0.3, 0.4) is 0 Å². The molecule has 3 N–H and O–H groups in total. The van der Waals surface area contributed by atoms with Gasteiger partial charge in [-0.25, -0.2) is 9.31 Å². The summed E-state index contributed by atoms with van der Waals surface area (Å²) in [5.74, 6) is -0.263. The van der Waals surface area contributed by atoms with E-state index >= 15 is 0 Å². The highest BCUT2D eigenvalue weighted by atomic mass is 16.2. The molecule has 0 bridgehead atoms. The van der Waals surface area contributed by atoms with E-state index in [9.17, 15) is 9.59 Å². The van der Waals surface area contributed by atoms with Crippen molar-refractivity contribution in [3.05, 3.63) is 89.2 Å². The number of aromatic nitrogens is 2. The normalized spacial score (nSPS) is 10.7. The van der Waals surface area contributed by atoms with Crippen LogP contribution in [0.4, 0.5) is 21.9 Å². The molecule has 7 nitrogen and oxygen atoms in total. The smallest absolute Gasteiger partial charge is 0.322 e. The average molecular weight is 413 g/mol. The van der Waals surface area contributed by atoms with Gasteiger partial charge in [0, 0.05) is 23.3 Å². The molecule has 0 unspecified atom stereocenters. The molecule has 0 aliphatic heterocycles. The highest BCUT2D eigenvalue weighted by Gasteiger charge is 2.14. The standard InChI is InChI=1S/C24H23N5O2/c1-15-10-11-18(26-24(31)28-22-16(2)7-6-8-17(22)3)13-20(15)27-23(30)19-14-25-29-12-5-4-9-21(19)29/h4-14H,1-3H3,(H,27,30)(H2,26,28,31). The summed E-state index contributed by atoms with van der Waals surface area (Å²) in [6, 6.07) is 16.4. The third-order valence-corrected chi connectivity index (χ3v) is 5.13. The lowest BCUT2D eigenvalue weighted by atomic mass is 10.1. The maximum atomic E-state index is 12.8. The predicted octanol–water partition coefficient (Wildman–Crippen LogP) is 5.16. The fourth-order valence-electron chi connectivity index (χ4n) is 3.42. The SMILES string of the molecule is Cc1ccc(NC(=O)Nc2c(C)cccc2C)cc1NC(=O)c1cnn2ccccc12. The van der Waals surface area contributed by atoms with Crippen molar-refractivity contribution in [2.75, 3.05) is 16.0 Å². The number of fused-ring (bicyclic) bond motifs is 1. The summed E-state index contributed by atoms with van der Waals surface area (Å²) < 4.78 is 1.65. The molecule has 2 heterocycles. The van der Waals surface area contributed by atoms with Crippen molar-refractivity contribution < 1.29 is 9.59 Å². The minimum Gasteiger partial charge on any atom is -0.322 e. The third-order valence-electron chi connectivity index (χ3n) is 5.13. The molecule has 156 valence electrons. The molecular weight excluding hydrogens is 390 g/mol. The van der Waals surface area contributed by atoms with Gasteiger partial charge in [-0.2, -0.15) is 5.10 Å². The van der Waals surface area contributed by atoms with Gasteiger partial charge >= 0.3 is 6.03 Å². The van der Waals surface area contributed by atoms with E-state index in [0.717, 1.165) is 27.9 Å². The first-order valence-corrected chi connectivity index (χ1v) is 9.91. The van der Waals surface area contributed by atoms with Crippen LogP contribution in [-0.2, 0) is 0 Å². The first-order valence-electron chi connectivity index (χ1n) is 9.91. The summed E-state index contributed by atoms with van der Waals surface area (Å²) in [4.78, 5) is 25.3. The number of rotatable bonds is 4. The van der Waals surface area contributed by atoms with Gasteiger partial charge in [-0.3, -0.25) is 4.79 Å². The van der Waals surface area contributed by atoms with Crippen LogP contribution in [-0.4, -0.2) is 21.6 Å². The van der Waals surface area contributed by atoms with Crippen molar-refractivity contribution in [3.8, 4) is 0 Å². The van der Waals surface area contributed by atoms with Gasteiger partial charge in [0.15, 0.2) is 0 Å². The Bertz CT molecular complexity index is 1270. The molecule has 0 spiro atoms. The molecule has 2 aromatic carbocycles. The van der Waals surface area contributed by atoms with E-state index in [1.54, 1.807) is 29.0 Å². The first kappa shape index (κ1) is 20.2. The minimum absolute atomic E-state index is 0.263. The summed E-state index contributed by atoms with van der Waals surface area (Å²) in [7, 11) is 0. The molecule has 0 aliphatic rings. The predicted molar refractivity (Wildman–Crippen MR) is 123 cm³/mol. The van der Waals surface area contributed by atoms with E-state index in [1.807, 2.05) is 63.2 Å². The number of aryl methyl sites for hydroxylation is 3. The van der Waals surface area contributed by atoms with E-state index in [2.05, 4.69) is 21.0 Å². The van der Waals surface area contributed by atoms with Crippen LogP contribution >= 0.6 is 0 Å². The number of benzene rings is 2. The molecule has 4 aromatic rings. The molecule has 0 saturated carbocycles. The molecule has 0 radical (unpaired) electrons. The molecule has 3 amide bonds. The Morgan fingerprint density at radius 2 is 1.61 bits per heavy atom. The second-order valence-corrected chi connectivity index (χ2v) is 7.42. The van der Waals surface area contributed by atoms with Crippen molar-refractivity contribution in [1.29, 1.82) is 0 Å². The summed E-state index contributed by atoms with van der Waals surface area (Å²) in [6.45, 7) is 5.79. The van der Waals surface area contributed by atoms with Gasteiger partial charge in [0.2, 0.25) is 0 Å². The van der Waals surface area contributed by atoms with Crippen molar-refractivity contribution in [3.63, 3.8) is 0 Å². The number of anilines is 3. The summed E-state index contributed by atoms with van der Waals surface area (Å²) in [6.07, 6.45) is 3.33. The fourth-order valence-corrected chi connectivity index (χ4v) is 3.42. The van der Waals surface area contributed by atoms with Gasteiger partial charge in [-0.15, -0.1) is 0 Å². The van der Waals surface area contributed by atoms with Crippen molar-refractivity contribution in [2.24, 2.45) is 0 Å². The van der Waals surface area contributed by atoms with Crippen molar-refractivity contribution >= 4 is 34.5 Å². The van der Waals surface area contributed by atoms with Crippen LogP contribution in [0.5, 0.6) is 0 Å². The molecule has 31 heavy (non-hydrogen) atoms. The molecule has 4 rings (SSSR count). The zero-order valence-corrected chi connectivity index (χ0v) is 17.6. The Hall–Kier alpha value is -4.13. The van der Waals surface area contributed by atoms with Gasteiger partial charge < -0.3 is 16.0 Å². The monoisotopic (exact) mass is 413 g/mol. The summed E-state index contributed by atoms with van der Waals surface area (Å²) >= 11 is 0. The second-order valence-electron chi connectivity index (χ2n) is 7.42. The van der Waals surface area contributed by atoms with Gasteiger partial charge in [0.25, 0.3) is 5.91 Å². The number of hydrogen-bond donors (Lipinski definition) is 3. The average Bonchev–Trinajstić information content (AvgIpc) is 3.17. The topological polar surface area (TPSA) is 87.5 Å². The van der Waals surface area contributed by atoms with Crippen LogP contribution in [0.25, 0.3) is 5.52 Å². The molecule has 0 saturated heterocycles. The number of nitrogens with one attached hydrogen (secondary N) is 3. The number of para-hydroxylation sites is 1. The van der Waals surface area contributed by atoms with Crippen LogP contribution in [0, 0.1) is 20.8 Å². The van der Waals surface area contributed by atoms with Gasteiger partial charge in [0.05, 0.1) is 17.3 Å². The van der Waals surface area contributed by atoms with Crippen LogP contribution < -0.4 is 16.0 Å². The number of amides is 3. The van der Waals surface area contributed by atoms with Gasteiger partial charge in [-0.05, 0) is 61.7 Å². The number of nitrogens with zero attached hydrogens (tertiary/aromatic N) is 2. The molecular formula is C24H23N5O2. The second kappa shape index (κ2) is 8.31. The van der Waals surface area contributed by atoms with E-state index in [-0.39, 0.29) is 11.9 Å². The quantitative estimate of drug-likeness (QED) is 0.432. The lowest BCUT2D eigenvalue weighted by Gasteiger charge is -2.14. The number of hydrogen-bond acceptors (Lipinski definition) is 3. The van der Waals surface area contributed by atoms with Crippen molar-refractivity contribution in [2.45, 2.75) is 20.8 Å². The third kappa shape index (κ3) is 4.25. The van der Waals surface area contributed by atoms with Gasteiger partial charge in [0.1, 0.15) is 0 Å². The molecule has 0 aliphatic carbocycles. The number of carbonyl (C=O) groups excluding carboxylic acids is 2. The Balaban J connectivity index is 1.50. The number of pyridine rings is 1. The van der Waals surface area contributed by atoms with E-state index in [4.69, 9.17) is 0 Å². The van der Waals surface area contributed by atoms with Crippen LogP contribution in [0.15, 0.2) is 67.0 Å². The van der Waals surface area contributed by atoms with E-state index in [1.165, 1.54) is 0 Å². The Morgan fingerprint density at radius 1 is 0.839 bits per heavy atom. The molecule has 0 atom stereocenters. The Morgan fingerprint density at radius 3 is 2.39 bits per heavy atom. The van der Waals surface area contributed by atoms with Gasteiger partial charge in [-0.1, -0.05) is 30.3 Å². The lowest BCUT2D eigenvalue weighted by Crippen LogP contribution is -2.21. The first-order chi connectivity index (χ1) is 14.9. The highest BCUT2D eigenvalue weighted by molar-refractivity contribution is 6.09. The maximum absolute atomic E-state index is 12.8. The molecule has 2 aromatic heterocycles. The molecule has 7 heteroatoms. The minimum atomic E-state index is -0.346. The fraction of sp³-hybridized carbons (Fsp3) is 0.125. The molecule has 0 fully saturated rings. The Kier molecular flexibility index (Phi) is 5.41. The van der Waals surface area contributed by atoms with E-state index in [0.29, 0.717) is 16.9 Å². The number of urea groups is 1. The van der Waals surface area contributed by atoms with Crippen molar-refractivity contribution in [1.82, 2.24) is 9.61 Å². The zero-order valence-electron chi connectivity index (χ0n) is 17.6. The van der Waals surface area contributed by atoms with Crippen LogP contribution in [0.2, 0.25) is 0 Å². The lowest BCUT2D eigenvalue weighted by molar-refractivity contribution is 0.102. The number of carbonyl (C=O) groups is 2. The summed E-state index contributed by atoms with van der Waals surface area (Å²) in [5.41, 5.74) is 6.03. The highest BCUT2D eigenvalue weighted by Crippen LogP contribution is 2.23. The van der Waals surface area contributed by atoms with E-state index < -0.39 is 0 Å². The maximum Gasteiger partial charge on any atom is 0.323 e. The largest absolute Gasteiger partial charge is 0.323 e. The summed E-state index contributed by atoms with van der Waals surface area (Å²) in [5, 5.41) is 12.9. The van der Waals surface area contributed by atoms with Crippen LogP contribution in [0.1, 0.15) is 27.0 Å².